The van der Waals surface area contributed by atoms with E-state index in [0.29, 0.717) is 0 Å². The lowest BCUT2D eigenvalue weighted by Crippen LogP contribution is -2.45. The van der Waals surface area contributed by atoms with Gasteiger partial charge >= 0.3 is 0 Å². The number of piperidine rings is 2. The molecule has 3 unspecified atom stereocenters. The molecule has 2 aliphatic carbocycles. The summed E-state index contributed by atoms with van der Waals surface area (Å²) in [6.45, 7) is 6.15. The second kappa shape index (κ2) is 2.06. The van der Waals surface area contributed by atoms with Crippen LogP contribution in [0, 0.1) is 23.2 Å². The van der Waals surface area contributed by atoms with Gasteiger partial charge < -0.3 is 5.32 Å². The summed E-state index contributed by atoms with van der Waals surface area (Å²) in [5.41, 5.74) is 0.781. The SMILES string of the molecule is CC(C)C1[C@@H]2CC3CCC12CN3. The Bertz CT molecular complexity index is 201. The van der Waals surface area contributed by atoms with Crippen molar-refractivity contribution in [2.24, 2.45) is 23.2 Å². The van der Waals surface area contributed by atoms with Gasteiger partial charge in [-0.3, -0.25) is 0 Å². The molecule has 4 rings (SSSR count). The zero-order chi connectivity index (χ0) is 8.34. The van der Waals surface area contributed by atoms with E-state index >= 15 is 0 Å². The van der Waals surface area contributed by atoms with Gasteiger partial charge in [-0.2, -0.15) is 0 Å². The van der Waals surface area contributed by atoms with Crippen molar-refractivity contribution in [1.82, 2.24) is 5.32 Å². The lowest BCUT2D eigenvalue weighted by Gasteiger charge is -2.37. The first kappa shape index (κ1) is 7.37. The summed E-state index contributed by atoms with van der Waals surface area (Å²) < 4.78 is 0. The molecular formula is C11H19N. The van der Waals surface area contributed by atoms with Gasteiger partial charge in [-0.15, -0.1) is 0 Å². The van der Waals surface area contributed by atoms with Crippen LogP contribution in [0.3, 0.4) is 0 Å². The molecule has 1 N–H and O–H groups in total. The molecule has 4 fully saturated rings. The van der Waals surface area contributed by atoms with Gasteiger partial charge in [-0.1, -0.05) is 13.8 Å². The van der Waals surface area contributed by atoms with E-state index in [0.717, 1.165) is 29.2 Å². The summed E-state index contributed by atoms with van der Waals surface area (Å²) in [5, 5.41) is 3.69. The highest BCUT2D eigenvalue weighted by Gasteiger charge is 2.68. The standard InChI is InChI=1S/C11H19N/c1-7(2)10-9-5-8-3-4-11(9,10)6-12-8/h7-10,12H,3-6H2,1-2H3/t8?,9-,10?,11?/m0/s1. The summed E-state index contributed by atoms with van der Waals surface area (Å²) in [6, 6.07) is 0.889. The highest BCUT2D eigenvalue weighted by atomic mass is 15.0. The van der Waals surface area contributed by atoms with Crippen LogP contribution in [-0.2, 0) is 0 Å². The van der Waals surface area contributed by atoms with Crippen LogP contribution in [-0.4, -0.2) is 12.6 Å². The normalized spacial score (nSPS) is 55.8. The van der Waals surface area contributed by atoms with Crippen LogP contribution < -0.4 is 5.32 Å². The van der Waals surface area contributed by atoms with E-state index in [1.54, 1.807) is 0 Å². The fraction of sp³-hybridized carbons (Fsp3) is 1.00. The maximum absolute atomic E-state index is 3.69. The van der Waals surface area contributed by atoms with Crippen LogP contribution in [0.15, 0.2) is 0 Å². The van der Waals surface area contributed by atoms with Crippen molar-refractivity contribution in [2.45, 2.75) is 39.2 Å². The third-order valence-corrected chi connectivity index (χ3v) is 4.66. The molecule has 2 heterocycles. The second-order valence-corrected chi connectivity index (χ2v) is 5.46. The number of hydrogen-bond donors (Lipinski definition) is 1. The minimum atomic E-state index is 0.781. The van der Waals surface area contributed by atoms with Gasteiger partial charge in [0.25, 0.3) is 0 Å². The molecule has 1 heteroatoms. The fourth-order valence-electron chi connectivity index (χ4n) is 4.20. The van der Waals surface area contributed by atoms with E-state index in [-0.39, 0.29) is 0 Å². The minimum absolute atomic E-state index is 0.781. The monoisotopic (exact) mass is 165 g/mol. The summed E-state index contributed by atoms with van der Waals surface area (Å²) in [4.78, 5) is 0. The van der Waals surface area contributed by atoms with Crippen LogP contribution in [0.2, 0.25) is 0 Å². The molecule has 2 aliphatic heterocycles. The smallest absolute Gasteiger partial charge is 0.00704 e. The van der Waals surface area contributed by atoms with Crippen LogP contribution in [0.25, 0.3) is 0 Å². The Morgan fingerprint density at radius 1 is 1.42 bits per heavy atom. The van der Waals surface area contributed by atoms with Gasteiger partial charge in [0.2, 0.25) is 0 Å². The Morgan fingerprint density at radius 3 is 2.67 bits per heavy atom. The molecule has 2 bridgehead atoms. The van der Waals surface area contributed by atoms with E-state index in [9.17, 15) is 0 Å². The molecule has 1 spiro atoms. The van der Waals surface area contributed by atoms with Crippen LogP contribution in [0.4, 0.5) is 0 Å². The van der Waals surface area contributed by atoms with Gasteiger partial charge in [0.15, 0.2) is 0 Å². The maximum Gasteiger partial charge on any atom is 0.00704 e. The summed E-state index contributed by atoms with van der Waals surface area (Å²) in [6.07, 6.45) is 4.47. The molecule has 0 aromatic rings. The predicted molar refractivity (Wildman–Crippen MR) is 49.9 cm³/mol. The molecule has 2 saturated carbocycles. The molecule has 4 aliphatic rings. The minimum Gasteiger partial charge on any atom is -0.313 e. The molecule has 0 aromatic heterocycles. The zero-order valence-corrected chi connectivity index (χ0v) is 8.14. The Labute approximate surface area is 74.9 Å². The first-order valence-corrected chi connectivity index (χ1v) is 5.47. The number of hydrogen-bond acceptors (Lipinski definition) is 1. The average Bonchev–Trinajstić information content (AvgIpc) is 2.72. The molecule has 12 heavy (non-hydrogen) atoms. The van der Waals surface area contributed by atoms with Crippen LogP contribution in [0.1, 0.15) is 33.1 Å². The molecule has 4 atom stereocenters. The summed E-state index contributed by atoms with van der Waals surface area (Å²) >= 11 is 0. The average molecular weight is 165 g/mol. The van der Waals surface area contributed by atoms with Crippen LogP contribution in [0.5, 0.6) is 0 Å². The number of rotatable bonds is 1. The third-order valence-electron chi connectivity index (χ3n) is 4.66. The summed E-state index contributed by atoms with van der Waals surface area (Å²) in [5.74, 6) is 3.10. The van der Waals surface area contributed by atoms with Crippen molar-refractivity contribution in [3.63, 3.8) is 0 Å². The summed E-state index contributed by atoms with van der Waals surface area (Å²) in [7, 11) is 0. The van der Waals surface area contributed by atoms with E-state index in [1.807, 2.05) is 0 Å². The van der Waals surface area contributed by atoms with Crippen molar-refractivity contribution in [1.29, 1.82) is 0 Å². The first-order valence-electron chi connectivity index (χ1n) is 5.47. The van der Waals surface area contributed by atoms with Gasteiger partial charge in [-0.05, 0) is 42.4 Å². The Kier molecular flexibility index (Phi) is 1.27. The van der Waals surface area contributed by atoms with Crippen molar-refractivity contribution >= 4 is 0 Å². The lowest BCUT2D eigenvalue weighted by atomic mass is 9.80. The Morgan fingerprint density at radius 2 is 2.25 bits per heavy atom. The van der Waals surface area contributed by atoms with Crippen LogP contribution >= 0.6 is 0 Å². The van der Waals surface area contributed by atoms with E-state index in [2.05, 4.69) is 19.2 Å². The first-order chi connectivity index (χ1) is 5.74. The second-order valence-electron chi connectivity index (χ2n) is 5.46. The van der Waals surface area contributed by atoms with Gasteiger partial charge in [0.05, 0.1) is 0 Å². The van der Waals surface area contributed by atoms with E-state index in [4.69, 9.17) is 0 Å². The van der Waals surface area contributed by atoms with Crippen molar-refractivity contribution in [3.8, 4) is 0 Å². The molecule has 2 saturated heterocycles. The lowest BCUT2D eigenvalue weighted by molar-refractivity contribution is 0.192. The molecule has 68 valence electrons. The maximum atomic E-state index is 3.69. The fourth-order valence-corrected chi connectivity index (χ4v) is 4.20. The van der Waals surface area contributed by atoms with Gasteiger partial charge in [0.1, 0.15) is 0 Å². The van der Waals surface area contributed by atoms with Crippen molar-refractivity contribution in [2.75, 3.05) is 6.54 Å². The highest BCUT2D eigenvalue weighted by Crippen LogP contribution is 2.70. The molecule has 1 nitrogen and oxygen atoms in total. The molecule has 0 amide bonds. The third kappa shape index (κ3) is 0.693. The molecule has 0 radical (unpaired) electrons. The molecule has 0 aromatic carbocycles. The van der Waals surface area contributed by atoms with E-state index in [1.165, 1.54) is 25.8 Å². The van der Waals surface area contributed by atoms with Crippen molar-refractivity contribution < 1.29 is 0 Å². The molecular weight excluding hydrogens is 146 g/mol. The Hall–Kier alpha value is -0.0400. The van der Waals surface area contributed by atoms with Crippen molar-refractivity contribution in [3.05, 3.63) is 0 Å². The largest absolute Gasteiger partial charge is 0.313 e. The Balaban J connectivity index is 1.87. The quantitative estimate of drug-likeness (QED) is 0.627. The van der Waals surface area contributed by atoms with E-state index < -0.39 is 0 Å². The highest BCUT2D eigenvalue weighted by molar-refractivity contribution is 5.19. The number of fused-ring (bicyclic) bond motifs is 2. The van der Waals surface area contributed by atoms with Gasteiger partial charge in [0, 0.05) is 12.6 Å². The topological polar surface area (TPSA) is 12.0 Å². The predicted octanol–water partition coefficient (Wildman–Crippen LogP) is 2.03. The van der Waals surface area contributed by atoms with Gasteiger partial charge in [-0.25, -0.2) is 0 Å². The number of nitrogens with one attached hydrogen (secondary N) is 1. The zero-order valence-electron chi connectivity index (χ0n) is 8.14.